The molecule has 0 heterocycles. The van der Waals surface area contributed by atoms with Crippen LogP contribution in [-0.4, -0.2) is 29.6 Å². The van der Waals surface area contributed by atoms with Gasteiger partial charge in [-0.15, -0.1) is 0 Å². The van der Waals surface area contributed by atoms with Crippen LogP contribution in [0, 0.1) is 17.0 Å². The van der Waals surface area contributed by atoms with Crippen molar-refractivity contribution in [3.05, 3.63) is 33.9 Å². The number of hydrogen-bond donors (Lipinski definition) is 1. The molecule has 1 saturated carbocycles. The zero-order valence-corrected chi connectivity index (χ0v) is 12.0. The van der Waals surface area contributed by atoms with Gasteiger partial charge in [-0.1, -0.05) is 6.07 Å². The molecule has 21 heavy (non-hydrogen) atoms. The number of nitro groups is 1. The summed E-state index contributed by atoms with van der Waals surface area (Å²) < 4.78 is 10.4. The van der Waals surface area contributed by atoms with E-state index >= 15 is 0 Å². The molecule has 0 spiro atoms. The number of carbonyl (C=O) groups excluding carboxylic acids is 1. The topological polar surface area (TPSA) is 105 Å². The summed E-state index contributed by atoms with van der Waals surface area (Å²) in [5.41, 5.74) is 5.62. The number of esters is 1. The summed E-state index contributed by atoms with van der Waals surface area (Å²) in [5, 5.41) is 11.1. The van der Waals surface area contributed by atoms with Crippen molar-refractivity contribution in [3.8, 4) is 5.75 Å². The van der Waals surface area contributed by atoms with E-state index in [1.165, 1.54) is 13.2 Å². The lowest BCUT2D eigenvalue weighted by Crippen LogP contribution is -2.47. The molecule has 0 aliphatic heterocycles. The van der Waals surface area contributed by atoms with Crippen molar-refractivity contribution >= 4 is 11.7 Å². The number of nitro benzene ring substituents is 1. The molecule has 1 aromatic rings. The molecular formula is C14H18N2O5. The molecule has 1 aromatic carbocycles. The minimum absolute atomic E-state index is 0.0809. The second-order valence-corrected chi connectivity index (χ2v) is 5.36. The summed E-state index contributed by atoms with van der Waals surface area (Å²) in [6.45, 7) is 1.77. The number of methoxy groups -OCH3 is 1. The number of benzene rings is 1. The van der Waals surface area contributed by atoms with Crippen LogP contribution < -0.4 is 10.5 Å². The van der Waals surface area contributed by atoms with Gasteiger partial charge in [0.2, 0.25) is 0 Å². The van der Waals surface area contributed by atoms with E-state index in [0.29, 0.717) is 12.8 Å². The first-order valence-electron chi connectivity index (χ1n) is 6.65. The Morgan fingerprint density at radius 2 is 2.24 bits per heavy atom. The molecule has 0 bridgehead atoms. The lowest BCUT2D eigenvalue weighted by Gasteiger charge is -2.20. The molecule has 0 aromatic heterocycles. The molecule has 1 aliphatic rings. The van der Waals surface area contributed by atoms with Crippen molar-refractivity contribution in [2.75, 3.05) is 7.11 Å². The maximum Gasteiger partial charge on any atom is 0.325 e. The van der Waals surface area contributed by atoms with E-state index in [-0.39, 0.29) is 24.0 Å². The monoisotopic (exact) mass is 294 g/mol. The summed E-state index contributed by atoms with van der Waals surface area (Å²) >= 11 is 0. The highest BCUT2D eigenvalue weighted by Crippen LogP contribution is 2.35. The predicted molar refractivity (Wildman–Crippen MR) is 75.0 cm³/mol. The second kappa shape index (κ2) is 5.69. The Morgan fingerprint density at radius 1 is 1.52 bits per heavy atom. The van der Waals surface area contributed by atoms with E-state index in [1.54, 1.807) is 19.1 Å². The summed E-state index contributed by atoms with van der Waals surface area (Å²) in [7, 11) is 1.29. The molecule has 7 nitrogen and oxygen atoms in total. The number of carbonyl (C=O) groups is 1. The highest BCUT2D eigenvalue weighted by atomic mass is 16.6. The number of rotatable bonds is 4. The van der Waals surface area contributed by atoms with Crippen molar-refractivity contribution in [2.24, 2.45) is 5.73 Å². The van der Waals surface area contributed by atoms with Crippen LogP contribution in [-0.2, 0) is 9.53 Å². The predicted octanol–water partition coefficient (Wildman–Crippen LogP) is 1.71. The molecule has 2 N–H and O–H groups in total. The van der Waals surface area contributed by atoms with Crippen LogP contribution in [0.2, 0.25) is 0 Å². The van der Waals surface area contributed by atoms with Gasteiger partial charge in [-0.3, -0.25) is 14.9 Å². The maximum absolute atomic E-state index is 11.6. The Morgan fingerprint density at radius 3 is 2.86 bits per heavy atom. The Bertz CT molecular complexity index is 574. The van der Waals surface area contributed by atoms with Gasteiger partial charge in [0.15, 0.2) is 5.75 Å². The molecule has 0 saturated heterocycles. The Balaban J connectivity index is 2.14. The van der Waals surface area contributed by atoms with Crippen molar-refractivity contribution < 1.29 is 19.2 Å². The molecule has 2 rings (SSSR count). The van der Waals surface area contributed by atoms with Gasteiger partial charge in [0, 0.05) is 12.5 Å². The van der Waals surface area contributed by atoms with Crippen LogP contribution in [0.5, 0.6) is 5.75 Å². The Labute approximate surface area is 122 Å². The third kappa shape index (κ3) is 3.13. The Hall–Kier alpha value is -2.15. The number of aryl methyl sites for hydroxylation is 1. The van der Waals surface area contributed by atoms with E-state index < -0.39 is 16.4 Å². The van der Waals surface area contributed by atoms with Crippen LogP contribution >= 0.6 is 0 Å². The number of nitrogens with two attached hydrogens (primary N) is 1. The van der Waals surface area contributed by atoms with Gasteiger partial charge in [-0.25, -0.2) is 0 Å². The third-order valence-corrected chi connectivity index (χ3v) is 3.70. The molecule has 0 amide bonds. The first-order valence-corrected chi connectivity index (χ1v) is 6.65. The van der Waals surface area contributed by atoms with E-state index in [4.69, 9.17) is 10.5 Å². The van der Waals surface area contributed by atoms with E-state index in [0.717, 1.165) is 5.56 Å². The minimum Gasteiger partial charge on any atom is -0.483 e. The SMILES string of the molecule is COC(=O)C1(N)CCC(Oc2ccc(C)cc2[N+](=O)[O-])C1. The first kappa shape index (κ1) is 15.2. The van der Waals surface area contributed by atoms with Gasteiger partial charge in [0.25, 0.3) is 0 Å². The molecule has 2 unspecified atom stereocenters. The molecule has 2 atom stereocenters. The zero-order valence-electron chi connectivity index (χ0n) is 12.0. The fourth-order valence-corrected chi connectivity index (χ4v) is 2.57. The van der Waals surface area contributed by atoms with Crippen LogP contribution in [0.25, 0.3) is 0 Å². The van der Waals surface area contributed by atoms with Gasteiger partial charge < -0.3 is 15.2 Å². The average Bonchev–Trinajstić information content (AvgIpc) is 2.82. The fraction of sp³-hybridized carbons (Fsp3) is 0.500. The number of nitrogens with zero attached hydrogens (tertiary/aromatic N) is 1. The van der Waals surface area contributed by atoms with E-state index in [9.17, 15) is 14.9 Å². The van der Waals surface area contributed by atoms with Crippen LogP contribution in [0.1, 0.15) is 24.8 Å². The largest absolute Gasteiger partial charge is 0.483 e. The summed E-state index contributed by atoms with van der Waals surface area (Å²) in [6.07, 6.45) is 0.932. The summed E-state index contributed by atoms with van der Waals surface area (Å²) in [4.78, 5) is 22.2. The lowest BCUT2D eigenvalue weighted by atomic mass is 10.00. The average molecular weight is 294 g/mol. The number of hydrogen-bond acceptors (Lipinski definition) is 6. The molecule has 1 fully saturated rings. The standard InChI is InChI=1S/C14H18N2O5/c1-9-3-4-12(11(7-9)16(18)19)21-10-5-6-14(15,8-10)13(17)20-2/h3-4,7,10H,5-6,8,15H2,1-2H3. The van der Waals surface area contributed by atoms with Crippen LogP contribution in [0.15, 0.2) is 18.2 Å². The smallest absolute Gasteiger partial charge is 0.325 e. The Kier molecular flexibility index (Phi) is 4.13. The van der Waals surface area contributed by atoms with Gasteiger partial charge >= 0.3 is 11.7 Å². The van der Waals surface area contributed by atoms with Crippen molar-refractivity contribution in [1.29, 1.82) is 0 Å². The summed E-state index contributed by atoms with van der Waals surface area (Å²) in [6, 6.07) is 4.77. The maximum atomic E-state index is 11.6. The molecule has 7 heteroatoms. The third-order valence-electron chi connectivity index (χ3n) is 3.70. The first-order chi connectivity index (χ1) is 9.85. The van der Waals surface area contributed by atoms with Gasteiger partial charge in [-0.05, 0) is 31.4 Å². The van der Waals surface area contributed by atoms with E-state index in [2.05, 4.69) is 4.74 Å². The molecule has 1 aliphatic carbocycles. The van der Waals surface area contributed by atoms with Gasteiger partial charge in [0.05, 0.1) is 12.0 Å². The van der Waals surface area contributed by atoms with Gasteiger partial charge in [0.1, 0.15) is 11.6 Å². The van der Waals surface area contributed by atoms with E-state index in [1.807, 2.05) is 0 Å². The summed E-state index contributed by atoms with van der Waals surface area (Å²) in [5.74, 6) is -0.281. The van der Waals surface area contributed by atoms with Gasteiger partial charge in [-0.2, -0.15) is 0 Å². The molecule has 0 radical (unpaired) electrons. The zero-order chi connectivity index (χ0) is 15.6. The van der Waals surface area contributed by atoms with Crippen molar-refractivity contribution in [2.45, 2.75) is 37.8 Å². The fourth-order valence-electron chi connectivity index (χ4n) is 2.57. The van der Waals surface area contributed by atoms with Crippen molar-refractivity contribution in [3.63, 3.8) is 0 Å². The highest BCUT2D eigenvalue weighted by Gasteiger charge is 2.44. The number of ether oxygens (including phenoxy) is 2. The minimum atomic E-state index is -1.07. The second-order valence-electron chi connectivity index (χ2n) is 5.36. The lowest BCUT2D eigenvalue weighted by molar-refractivity contribution is -0.386. The molecular weight excluding hydrogens is 276 g/mol. The molecule has 114 valence electrons. The highest BCUT2D eigenvalue weighted by molar-refractivity contribution is 5.81. The normalized spacial score (nSPS) is 24.6. The quantitative estimate of drug-likeness (QED) is 0.515. The van der Waals surface area contributed by atoms with Crippen molar-refractivity contribution in [1.82, 2.24) is 0 Å². The van der Waals surface area contributed by atoms with Crippen LogP contribution in [0.3, 0.4) is 0 Å². The van der Waals surface area contributed by atoms with Crippen LogP contribution in [0.4, 0.5) is 5.69 Å².